The first-order chi connectivity index (χ1) is 19.9. The molecule has 6 heterocycles. The lowest BCUT2D eigenvalue weighted by Gasteiger charge is -2.36. The monoisotopic (exact) mass is 646 g/mol. The van der Waals surface area contributed by atoms with Crippen LogP contribution in [0.4, 0.5) is 16.2 Å². The highest BCUT2D eigenvalue weighted by molar-refractivity contribution is 8.07. The zero-order chi connectivity index (χ0) is 30.0. The van der Waals surface area contributed by atoms with E-state index in [1.54, 1.807) is 0 Å². The molecule has 2 fully saturated rings. The number of anilines is 2. The van der Waals surface area contributed by atoms with Gasteiger partial charge in [0.25, 0.3) is 5.56 Å². The van der Waals surface area contributed by atoms with Crippen molar-refractivity contribution in [2.24, 2.45) is 0 Å². The number of halogens is 1. The van der Waals surface area contributed by atoms with Crippen molar-refractivity contribution >= 4 is 64.4 Å². The number of fused-ring (bicyclic) bond motifs is 2. The fourth-order valence-corrected chi connectivity index (χ4v) is 7.97. The summed E-state index contributed by atoms with van der Waals surface area (Å²) in [5, 5.41) is 31.1. The largest absolute Gasteiger partial charge is 0.395 e. The predicted molar refractivity (Wildman–Crippen MR) is 148 cm³/mol. The van der Waals surface area contributed by atoms with Crippen molar-refractivity contribution in [3.8, 4) is 0 Å². The number of aromatic nitrogens is 8. The lowest BCUT2D eigenvalue weighted by molar-refractivity contribution is -0.101. The van der Waals surface area contributed by atoms with Crippen LogP contribution in [-0.2, 0) is 37.1 Å². The maximum Gasteiger partial charge on any atom is 0.326 e. The van der Waals surface area contributed by atoms with E-state index in [0.717, 1.165) is 35.3 Å². The summed E-state index contributed by atoms with van der Waals surface area (Å²) in [5.74, 6) is -2.85. The highest BCUT2D eigenvalue weighted by Crippen LogP contribution is 2.55. The number of hydrogen-bond donors (Lipinski definition) is 7. The summed E-state index contributed by atoms with van der Waals surface area (Å²) in [4.78, 5) is 45.7. The summed E-state index contributed by atoms with van der Waals surface area (Å²) in [5.41, 5.74) is 8.84. The van der Waals surface area contributed by atoms with Crippen LogP contribution in [0.25, 0.3) is 22.3 Å². The lowest BCUT2D eigenvalue weighted by atomic mass is 10.1. The van der Waals surface area contributed by atoms with Crippen LogP contribution in [0.2, 0.25) is 0 Å². The van der Waals surface area contributed by atoms with Gasteiger partial charge in [0.1, 0.15) is 36.8 Å². The number of nitrogen functional groups attached to an aromatic ring is 2. The Morgan fingerprint density at radius 2 is 1.93 bits per heavy atom. The first-order valence-electron chi connectivity index (χ1n) is 12.1. The normalized spacial score (nSPS) is 31.3. The summed E-state index contributed by atoms with van der Waals surface area (Å²) in [6.07, 6.45) is -1.29. The summed E-state index contributed by atoms with van der Waals surface area (Å²) in [6, 6.07) is 0. The molecular weight excluding hydrogens is 622 g/mol. The molecule has 2 aliphatic rings. The molecule has 2 saturated heterocycles. The molecule has 0 amide bonds. The van der Waals surface area contributed by atoms with Gasteiger partial charge in [0.05, 0.1) is 31.1 Å². The number of nitrogens with zero attached hydrogens (tertiary/aromatic N) is 7. The van der Waals surface area contributed by atoms with Gasteiger partial charge >= 0.3 is 6.72 Å². The third-order valence-corrected chi connectivity index (χ3v) is 10.1. The minimum Gasteiger partial charge on any atom is -0.395 e. The van der Waals surface area contributed by atoms with Crippen LogP contribution in [0.3, 0.4) is 0 Å². The van der Waals surface area contributed by atoms with Gasteiger partial charge in [-0.25, -0.2) is 24.3 Å². The zero-order valence-electron chi connectivity index (χ0n) is 21.2. The molecule has 7 atom stereocenters. The Labute approximate surface area is 243 Å². The molecule has 6 rings (SSSR count). The molecule has 226 valence electrons. The van der Waals surface area contributed by atoms with E-state index in [9.17, 15) is 25.0 Å². The number of aliphatic hydroxyl groups is 3. The molecule has 4 aromatic heterocycles. The highest BCUT2D eigenvalue weighted by Gasteiger charge is 2.56. The van der Waals surface area contributed by atoms with Gasteiger partial charge in [0.2, 0.25) is 11.7 Å². The number of thioether (sulfide) groups is 1. The third kappa shape index (κ3) is 4.56. The summed E-state index contributed by atoms with van der Waals surface area (Å²) in [7, 11) is 0. The molecule has 0 bridgehead atoms. The number of hydrogen-bond acceptors (Lipinski definition) is 16. The maximum atomic E-state index is 16.1. The average Bonchev–Trinajstić information content (AvgIpc) is 3.70. The smallest absolute Gasteiger partial charge is 0.326 e. The first kappa shape index (κ1) is 29.2. The molecule has 0 saturated carbocycles. The molecule has 1 unspecified atom stereocenters. The van der Waals surface area contributed by atoms with Crippen molar-refractivity contribution in [3.05, 3.63) is 29.3 Å². The van der Waals surface area contributed by atoms with Crippen LogP contribution in [0.5, 0.6) is 0 Å². The van der Waals surface area contributed by atoms with E-state index in [1.807, 2.05) is 0 Å². The predicted octanol–water partition coefficient (Wildman–Crippen LogP) is -2.12. The Kier molecular flexibility index (Phi) is 7.24. The van der Waals surface area contributed by atoms with E-state index in [0.29, 0.717) is 0 Å². The Bertz CT molecular complexity index is 1780. The molecule has 18 nitrogen and oxygen atoms in total. The maximum absolute atomic E-state index is 16.1. The number of alkyl halides is 1. The Morgan fingerprint density at radius 1 is 1.19 bits per heavy atom. The number of imidazole rings is 2. The Hall–Kier alpha value is -2.85. The highest BCUT2D eigenvalue weighted by atomic mass is 32.5. The summed E-state index contributed by atoms with van der Waals surface area (Å²) >= 11 is 6.33. The molecule has 0 aliphatic carbocycles. The van der Waals surface area contributed by atoms with Gasteiger partial charge in [-0.3, -0.25) is 23.4 Å². The van der Waals surface area contributed by atoms with Crippen molar-refractivity contribution < 1.29 is 38.4 Å². The van der Waals surface area contributed by atoms with Crippen LogP contribution >= 0.6 is 18.5 Å². The molecule has 4 aromatic rings. The number of H-pyrrole nitrogens is 1. The quantitative estimate of drug-likeness (QED) is 0.101. The zero-order valence-corrected chi connectivity index (χ0v) is 23.7. The first-order valence-corrected chi connectivity index (χ1v) is 15.8. The van der Waals surface area contributed by atoms with Crippen molar-refractivity contribution in [3.63, 3.8) is 0 Å². The van der Waals surface area contributed by atoms with Crippen LogP contribution in [0.15, 0.2) is 23.8 Å². The number of aliphatic hydroxyl groups excluding tert-OH is 3. The van der Waals surface area contributed by atoms with Gasteiger partial charge in [0.15, 0.2) is 28.4 Å². The van der Waals surface area contributed by atoms with E-state index in [-0.39, 0.29) is 39.8 Å². The molecule has 0 spiro atoms. The summed E-state index contributed by atoms with van der Waals surface area (Å²) < 4.78 is 35.1. The average molecular weight is 647 g/mol. The second kappa shape index (κ2) is 10.4. The third-order valence-electron chi connectivity index (χ3n) is 7.07. The second-order valence-electron chi connectivity index (χ2n) is 9.57. The Balaban J connectivity index is 1.25. The van der Waals surface area contributed by atoms with E-state index in [1.165, 1.54) is 4.57 Å². The fraction of sp³-hybridized carbons (Fsp3) is 0.500. The molecular formula is C20H24FN10O8PS2. The van der Waals surface area contributed by atoms with E-state index in [4.69, 9.17) is 37.1 Å². The number of nitrogens with one attached hydrogen (secondary N) is 1. The van der Waals surface area contributed by atoms with E-state index >= 15 is 4.39 Å². The van der Waals surface area contributed by atoms with Crippen molar-refractivity contribution in [1.29, 1.82) is 0 Å². The Morgan fingerprint density at radius 3 is 2.67 bits per heavy atom. The second-order valence-corrected chi connectivity index (χ2v) is 13.6. The van der Waals surface area contributed by atoms with Gasteiger partial charge in [-0.1, -0.05) is 0 Å². The lowest BCUT2D eigenvalue weighted by Crippen LogP contribution is -2.48. The number of ether oxygens (including phenoxy) is 1. The molecule has 0 aromatic carbocycles. The van der Waals surface area contributed by atoms with Crippen molar-refractivity contribution in [2.45, 2.75) is 35.1 Å². The SMILES string of the molecule is Nc1nc2c(ncn2[C@@]2(OP(O)(=S)OC[C@H]3OC[C@@](F)(n4cnc5c(N)ncnc54)[C@@H]3O)CS[C@H](CO)[C@H]2O)c(=O)[nH]1. The van der Waals surface area contributed by atoms with Crippen LogP contribution in [-0.4, -0.2) is 108 Å². The van der Waals surface area contributed by atoms with Crippen molar-refractivity contribution in [1.82, 2.24) is 39.0 Å². The van der Waals surface area contributed by atoms with Gasteiger partial charge in [-0.05, 0) is 11.8 Å². The van der Waals surface area contributed by atoms with E-state index in [2.05, 4.69) is 29.9 Å². The number of rotatable bonds is 8. The number of nitrogens with two attached hydrogens (primary N) is 2. The number of aromatic amines is 1. The molecule has 22 heteroatoms. The van der Waals surface area contributed by atoms with Crippen molar-refractivity contribution in [2.75, 3.05) is 37.0 Å². The van der Waals surface area contributed by atoms with Crippen LogP contribution in [0, 0.1) is 0 Å². The molecule has 42 heavy (non-hydrogen) atoms. The van der Waals surface area contributed by atoms with Crippen LogP contribution < -0.4 is 17.0 Å². The van der Waals surface area contributed by atoms with Gasteiger partial charge in [-0.2, -0.15) is 4.98 Å². The molecule has 0 radical (unpaired) electrons. The minimum absolute atomic E-state index is 0.0200. The minimum atomic E-state index is -4.34. The van der Waals surface area contributed by atoms with Gasteiger partial charge in [-0.15, -0.1) is 11.8 Å². The van der Waals surface area contributed by atoms with Gasteiger partial charge < -0.3 is 40.9 Å². The fourth-order valence-electron chi connectivity index (χ4n) is 4.94. The molecule has 2 aliphatic heterocycles. The van der Waals surface area contributed by atoms with E-state index < -0.39 is 67.2 Å². The summed E-state index contributed by atoms with van der Waals surface area (Å²) in [6.45, 7) is -6.05. The van der Waals surface area contributed by atoms with Crippen LogP contribution in [0.1, 0.15) is 0 Å². The molecule has 9 N–H and O–H groups in total. The van der Waals surface area contributed by atoms with Gasteiger partial charge in [0, 0.05) is 5.75 Å². The topological polar surface area (TPSA) is 268 Å². The standard InChI is InChI=1S/C20H24FN10O8PS2/c21-19(30-6-26-10-14(22)24-5-25-15(10)30)3-37-8(12(19)33)2-38-40(36,41)39-20(4-42-9(1-32)13(20)34)31-7-27-11-16(31)28-18(23)29-17(11)35/h5-9,12-13,32-34H,1-4H2,(H,36,41)(H2,22,24,25)(H3,23,28,29,35)/t8-,9-,12-,13-,19-,20-,40?/m1/s1.